The van der Waals surface area contributed by atoms with Crippen LogP contribution in [0, 0.1) is 13.8 Å². The van der Waals surface area contributed by atoms with Gasteiger partial charge in [0.15, 0.2) is 0 Å². The molecule has 0 radical (unpaired) electrons. The smallest absolute Gasteiger partial charge is 0.0483 e. The monoisotopic (exact) mass is 264 g/mol. The summed E-state index contributed by atoms with van der Waals surface area (Å²) in [5, 5.41) is 4.83. The molecule has 0 spiro atoms. The predicted molar refractivity (Wildman–Crippen MR) is 86.3 cm³/mol. The van der Waals surface area contributed by atoms with Crippen LogP contribution in [0.1, 0.15) is 11.1 Å². The summed E-state index contributed by atoms with van der Waals surface area (Å²) in [7, 11) is 0. The third-order valence-electron chi connectivity index (χ3n) is 3.73. The number of rotatable bonds is 4. The Morgan fingerprint density at radius 1 is 1.00 bits per heavy atom. The van der Waals surface area contributed by atoms with Gasteiger partial charge in [-0.25, -0.2) is 0 Å². The minimum absolute atomic E-state index is 0.932. The molecule has 1 heterocycles. The van der Waals surface area contributed by atoms with Gasteiger partial charge in [-0.15, -0.1) is 0 Å². The molecule has 3 aromatic rings. The summed E-state index contributed by atoms with van der Waals surface area (Å²) in [6.45, 7) is 6.19. The van der Waals surface area contributed by atoms with Crippen molar-refractivity contribution in [3.8, 4) is 0 Å². The second-order valence-corrected chi connectivity index (χ2v) is 5.31. The van der Waals surface area contributed by atoms with Crippen molar-refractivity contribution in [1.29, 1.82) is 0 Å². The van der Waals surface area contributed by atoms with E-state index in [1.165, 1.54) is 27.7 Å². The van der Waals surface area contributed by atoms with Crippen molar-refractivity contribution in [2.75, 3.05) is 11.9 Å². The molecule has 0 atom stereocenters. The Bertz CT molecular complexity index is 725. The lowest BCUT2D eigenvalue weighted by molar-refractivity contribution is 0.757. The van der Waals surface area contributed by atoms with Crippen LogP contribution in [0.15, 0.2) is 54.7 Å². The van der Waals surface area contributed by atoms with Gasteiger partial charge in [0, 0.05) is 35.9 Å². The van der Waals surface area contributed by atoms with Gasteiger partial charge in [0.2, 0.25) is 0 Å². The van der Waals surface area contributed by atoms with Gasteiger partial charge in [0.25, 0.3) is 0 Å². The summed E-state index contributed by atoms with van der Waals surface area (Å²) in [5.41, 5.74) is 5.14. The Hall–Kier alpha value is -2.22. The molecule has 0 unspecified atom stereocenters. The Morgan fingerprint density at radius 2 is 1.85 bits per heavy atom. The van der Waals surface area contributed by atoms with Gasteiger partial charge >= 0.3 is 0 Å². The van der Waals surface area contributed by atoms with Crippen molar-refractivity contribution in [2.24, 2.45) is 0 Å². The fourth-order valence-corrected chi connectivity index (χ4v) is 2.65. The third kappa shape index (κ3) is 2.55. The summed E-state index contributed by atoms with van der Waals surface area (Å²) in [6.07, 6.45) is 2.18. The van der Waals surface area contributed by atoms with Gasteiger partial charge in [-0.2, -0.15) is 0 Å². The van der Waals surface area contributed by atoms with Crippen LogP contribution in [0.2, 0.25) is 0 Å². The predicted octanol–water partition coefficient (Wildman–Crippen LogP) is 4.37. The maximum atomic E-state index is 3.48. The topological polar surface area (TPSA) is 17.0 Å². The number of hydrogen-bond donors (Lipinski definition) is 1. The lowest BCUT2D eigenvalue weighted by Gasteiger charge is -2.09. The molecule has 2 aromatic carbocycles. The molecule has 0 aliphatic heterocycles. The van der Waals surface area contributed by atoms with E-state index in [0.29, 0.717) is 0 Å². The molecule has 1 N–H and O–H groups in total. The van der Waals surface area contributed by atoms with Crippen LogP contribution in [0.4, 0.5) is 5.69 Å². The minimum atomic E-state index is 0.932. The van der Waals surface area contributed by atoms with E-state index >= 15 is 0 Å². The molecule has 0 fully saturated rings. The number of nitrogens with one attached hydrogen (secondary N) is 1. The van der Waals surface area contributed by atoms with E-state index in [1.54, 1.807) is 0 Å². The van der Waals surface area contributed by atoms with Crippen molar-refractivity contribution >= 4 is 16.6 Å². The summed E-state index contributed by atoms with van der Waals surface area (Å²) in [4.78, 5) is 0. The molecular formula is C18H20N2. The van der Waals surface area contributed by atoms with E-state index in [2.05, 4.69) is 78.5 Å². The Kier molecular flexibility index (Phi) is 3.46. The SMILES string of the molecule is Cc1cccc(NCCn2ccc3c(C)cccc32)c1. The molecule has 1 aromatic heterocycles. The lowest BCUT2D eigenvalue weighted by Crippen LogP contribution is -2.09. The third-order valence-corrected chi connectivity index (χ3v) is 3.73. The van der Waals surface area contributed by atoms with Crippen LogP contribution in [0.25, 0.3) is 10.9 Å². The quantitative estimate of drug-likeness (QED) is 0.740. The fourth-order valence-electron chi connectivity index (χ4n) is 2.65. The van der Waals surface area contributed by atoms with E-state index in [0.717, 1.165) is 13.1 Å². The van der Waals surface area contributed by atoms with Crippen LogP contribution in [0.3, 0.4) is 0 Å². The van der Waals surface area contributed by atoms with Gasteiger partial charge < -0.3 is 9.88 Å². The molecule has 2 nitrogen and oxygen atoms in total. The van der Waals surface area contributed by atoms with Crippen LogP contribution in [-0.2, 0) is 6.54 Å². The maximum Gasteiger partial charge on any atom is 0.0483 e. The first-order valence-electron chi connectivity index (χ1n) is 7.09. The van der Waals surface area contributed by atoms with Crippen LogP contribution >= 0.6 is 0 Å². The second-order valence-electron chi connectivity index (χ2n) is 5.31. The highest BCUT2D eigenvalue weighted by Crippen LogP contribution is 2.19. The van der Waals surface area contributed by atoms with E-state index in [9.17, 15) is 0 Å². The van der Waals surface area contributed by atoms with Gasteiger partial charge in [-0.3, -0.25) is 0 Å². The second kappa shape index (κ2) is 5.41. The molecule has 0 aliphatic rings. The normalized spacial score (nSPS) is 10.9. The molecule has 0 saturated heterocycles. The van der Waals surface area contributed by atoms with Gasteiger partial charge in [-0.1, -0.05) is 24.3 Å². The first kappa shape index (κ1) is 12.8. The first-order chi connectivity index (χ1) is 9.74. The molecule has 20 heavy (non-hydrogen) atoms. The van der Waals surface area contributed by atoms with Crippen molar-refractivity contribution in [3.05, 3.63) is 65.9 Å². The highest BCUT2D eigenvalue weighted by molar-refractivity contribution is 5.83. The summed E-state index contributed by atoms with van der Waals surface area (Å²) < 4.78 is 2.31. The molecular weight excluding hydrogens is 244 g/mol. The van der Waals surface area contributed by atoms with Crippen molar-refractivity contribution < 1.29 is 0 Å². The van der Waals surface area contributed by atoms with Gasteiger partial charge in [-0.05, 0) is 49.2 Å². The first-order valence-corrected chi connectivity index (χ1v) is 7.09. The van der Waals surface area contributed by atoms with Crippen LogP contribution < -0.4 is 5.32 Å². The van der Waals surface area contributed by atoms with Gasteiger partial charge in [0.05, 0.1) is 0 Å². The summed E-state index contributed by atoms with van der Waals surface area (Å²) >= 11 is 0. The highest BCUT2D eigenvalue weighted by Gasteiger charge is 2.02. The number of nitrogens with zero attached hydrogens (tertiary/aromatic N) is 1. The van der Waals surface area contributed by atoms with Crippen molar-refractivity contribution in [2.45, 2.75) is 20.4 Å². The average Bonchev–Trinajstić information content (AvgIpc) is 2.84. The Balaban J connectivity index is 1.70. The Morgan fingerprint density at radius 3 is 2.70 bits per heavy atom. The van der Waals surface area contributed by atoms with E-state index in [-0.39, 0.29) is 0 Å². The molecule has 3 rings (SSSR count). The van der Waals surface area contributed by atoms with E-state index < -0.39 is 0 Å². The number of fused-ring (bicyclic) bond motifs is 1. The zero-order chi connectivity index (χ0) is 13.9. The van der Waals surface area contributed by atoms with E-state index in [1.807, 2.05) is 0 Å². The highest BCUT2D eigenvalue weighted by atomic mass is 15.0. The zero-order valence-electron chi connectivity index (χ0n) is 12.1. The molecule has 102 valence electrons. The number of hydrogen-bond acceptors (Lipinski definition) is 1. The molecule has 2 heteroatoms. The summed E-state index contributed by atoms with van der Waals surface area (Å²) in [6, 6.07) is 17.2. The number of aryl methyl sites for hydroxylation is 2. The zero-order valence-corrected chi connectivity index (χ0v) is 12.1. The summed E-state index contributed by atoms with van der Waals surface area (Å²) in [5.74, 6) is 0. The fraction of sp³-hybridized carbons (Fsp3) is 0.222. The number of anilines is 1. The van der Waals surface area contributed by atoms with Crippen molar-refractivity contribution in [3.63, 3.8) is 0 Å². The number of aromatic nitrogens is 1. The number of benzene rings is 2. The molecule has 0 saturated carbocycles. The Labute approximate surface area is 120 Å². The van der Waals surface area contributed by atoms with Gasteiger partial charge in [0.1, 0.15) is 0 Å². The van der Waals surface area contributed by atoms with Crippen LogP contribution in [0.5, 0.6) is 0 Å². The lowest BCUT2D eigenvalue weighted by atomic mass is 10.1. The van der Waals surface area contributed by atoms with E-state index in [4.69, 9.17) is 0 Å². The molecule has 0 bridgehead atoms. The minimum Gasteiger partial charge on any atom is -0.383 e. The maximum absolute atomic E-state index is 3.48. The molecule has 0 aliphatic carbocycles. The van der Waals surface area contributed by atoms with Crippen molar-refractivity contribution in [1.82, 2.24) is 4.57 Å². The standard InChI is InChI=1S/C18H20N2/c1-14-5-3-7-16(13-14)19-10-12-20-11-9-17-15(2)6-4-8-18(17)20/h3-9,11,13,19H,10,12H2,1-2H3. The average molecular weight is 264 g/mol. The largest absolute Gasteiger partial charge is 0.383 e. The molecule has 0 amide bonds. The van der Waals surface area contributed by atoms with Crippen LogP contribution in [-0.4, -0.2) is 11.1 Å².